The van der Waals surface area contributed by atoms with E-state index in [-0.39, 0.29) is 24.3 Å². The molecule has 0 radical (unpaired) electrons. The highest BCUT2D eigenvalue weighted by Crippen LogP contribution is 2.29. The molecule has 3 aromatic rings. The molecule has 0 spiro atoms. The maximum Gasteiger partial charge on any atom is 0.240 e. The fraction of sp³-hybridized carbons (Fsp3) is 0.300. The summed E-state index contributed by atoms with van der Waals surface area (Å²) in [6.45, 7) is 4.09. The Kier molecular flexibility index (Phi) is 6.02. The molecule has 1 heterocycles. The minimum atomic E-state index is -0.293. The Morgan fingerprint density at radius 2 is 1.89 bits per heavy atom. The summed E-state index contributed by atoms with van der Waals surface area (Å²) in [7, 11) is 0. The summed E-state index contributed by atoms with van der Waals surface area (Å²) in [4.78, 5) is 17.1. The lowest BCUT2D eigenvalue weighted by Crippen LogP contribution is -2.34. The van der Waals surface area contributed by atoms with E-state index < -0.39 is 0 Å². The van der Waals surface area contributed by atoms with Crippen molar-refractivity contribution in [1.82, 2.24) is 14.9 Å². The van der Waals surface area contributed by atoms with Crippen LogP contribution in [0.5, 0.6) is 0 Å². The van der Waals surface area contributed by atoms with Crippen molar-refractivity contribution < 1.29 is 9.18 Å². The van der Waals surface area contributed by atoms with Gasteiger partial charge in [-0.3, -0.25) is 4.79 Å². The molecule has 3 rings (SSSR count). The van der Waals surface area contributed by atoms with E-state index in [9.17, 15) is 9.18 Å². The van der Waals surface area contributed by atoms with Crippen LogP contribution < -0.4 is 5.32 Å². The Balaban J connectivity index is 2.00. The molecule has 0 fully saturated rings. The topological polar surface area (TPSA) is 46.9 Å². The summed E-state index contributed by atoms with van der Waals surface area (Å²) in [5.74, 6) is 0.295. The Hall–Kier alpha value is -2.11. The SMILES string of the molecule is CC[C@@H](C)NC(=O)Cn1c(Cc2ccc(F)cc2)nc2cc(Cl)c(Cl)cc21. The van der Waals surface area contributed by atoms with Crippen LogP contribution in [0.1, 0.15) is 31.7 Å². The van der Waals surface area contributed by atoms with Crippen LogP contribution in [0.2, 0.25) is 10.0 Å². The van der Waals surface area contributed by atoms with E-state index in [0.29, 0.717) is 27.8 Å². The molecule has 27 heavy (non-hydrogen) atoms. The minimum Gasteiger partial charge on any atom is -0.352 e. The second-order valence-electron chi connectivity index (χ2n) is 6.55. The van der Waals surface area contributed by atoms with E-state index in [1.165, 1.54) is 12.1 Å². The van der Waals surface area contributed by atoms with E-state index >= 15 is 0 Å². The number of nitrogens with one attached hydrogen (secondary N) is 1. The molecule has 1 atom stereocenters. The molecular weight excluding hydrogens is 388 g/mol. The Labute approximate surface area is 167 Å². The smallest absolute Gasteiger partial charge is 0.240 e. The van der Waals surface area contributed by atoms with Crippen LogP contribution in [0.25, 0.3) is 11.0 Å². The van der Waals surface area contributed by atoms with Gasteiger partial charge < -0.3 is 9.88 Å². The molecule has 142 valence electrons. The average Bonchev–Trinajstić information content (AvgIpc) is 2.93. The van der Waals surface area contributed by atoms with Gasteiger partial charge in [-0.25, -0.2) is 9.37 Å². The first-order valence-corrected chi connectivity index (χ1v) is 9.51. The summed E-state index contributed by atoms with van der Waals surface area (Å²) >= 11 is 12.3. The number of halogens is 3. The maximum absolute atomic E-state index is 13.2. The number of hydrogen-bond acceptors (Lipinski definition) is 2. The third-order valence-electron chi connectivity index (χ3n) is 4.47. The first-order valence-electron chi connectivity index (χ1n) is 8.75. The van der Waals surface area contributed by atoms with Gasteiger partial charge >= 0.3 is 0 Å². The number of imidazole rings is 1. The van der Waals surface area contributed by atoms with E-state index in [1.54, 1.807) is 24.3 Å². The van der Waals surface area contributed by atoms with Gasteiger partial charge in [0.25, 0.3) is 0 Å². The van der Waals surface area contributed by atoms with Crippen molar-refractivity contribution in [3.63, 3.8) is 0 Å². The Morgan fingerprint density at radius 1 is 1.22 bits per heavy atom. The number of amides is 1. The molecule has 2 aromatic carbocycles. The Morgan fingerprint density at radius 3 is 2.56 bits per heavy atom. The first-order chi connectivity index (χ1) is 12.9. The Bertz CT molecular complexity index is 970. The van der Waals surface area contributed by atoms with Gasteiger partial charge in [-0.05, 0) is 43.2 Å². The lowest BCUT2D eigenvalue weighted by molar-refractivity contribution is -0.122. The number of hydrogen-bond donors (Lipinski definition) is 1. The van der Waals surface area contributed by atoms with Crippen LogP contribution in [0.3, 0.4) is 0 Å². The predicted molar refractivity (Wildman–Crippen MR) is 107 cm³/mol. The van der Waals surface area contributed by atoms with Crippen molar-refractivity contribution in [1.29, 1.82) is 0 Å². The van der Waals surface area contributed by atoms with Crippen molar-refractivity contribution in [2.75, 3.05) is 0 Å². The van der Waals surface area contributed by atoms with Gasteiger partial charge in [-0.2, -0.15) is 0 Å². The van der Waals surface area contributed by atoms with Crippen molar-refractivity contribution in [2.24, 2.45) is 0 Å². The van der Waals surface area contributed by atoms with Crippen molar-refractivity contribution in [3.05, 3.63) is 63.6 Å². The molecule has 1 amide bonds. The lowest BCUT2D eigenvalue weighted by Gasteiger charge is -2.14. The second-order valence-corrected chi connectivity index (χ2v) is 7.36. The van der Waals surface area contributed by atoms with Crippen LogP contribution in [-0.4, -0.2) is 21.5 Å². The first kappa shape index (κ1) is 19.6. The van der Waals surface area contributed by atoms with Crippen LogP contribution in [0, 0.1) is 5.82 Å². The van der Waals surface area contributed by atoms with Crippen LogP contribution in [0.15, 0.2) is 36.4 Å². The van der Waals surface area contributed by atoms with Crippen molar-refractivity contribution >= 4 is 40.1 Å². The fourth-order valence-corrected chi connectivity index (χ4v) is 3.15. The van der Waals surface area contributed by atoms with Crippen LogP contribution >= 0.6 is 23.2 Å². The van der Waals surface area contributed by atoms with Gasteiger partial charge in [0.2, 0.25) is 5.91 Å². The summed E-state index contributed by atoms with van der Waals surface area (Å²) in [6, 6.07) is 9.73. The molecule has 1 N–H and O–H groups in total. The van der Waals surface area contributed by atoms with Gasteiger partial charge in [0, 0.05) is 12.5 Å². The summed E-state index contributed by atoms with van der Waals surface area (Å²) in [5.41, 5.74) is 2.30. The van der Waals surface area contributed by atoms with Gasteiger partial charge in [-0.1, -0.05) is 42.3 Å². The monoisotopic (exact) mass is 407 g/mol. The zero-order valence-corrected chi connectivity index (χ0v) is 16.6. The fourth-order valence-electron chi connectivity index (χ4n) is 2.83. The highest BCUT2D eigenvalue weighted by molar-refractivity contribution is 6.42. The largest absolute Gasteiger partial charge is 0.352 e. The molecule has 0 aliphatic carbocycles. The normalized spacial score (nSPS) is 12.3. The highest BCUT2D eigenvalue weighted by atomic mass is 35.5. The van der Waals surface area contributed by atoms with Crippen LogP contribution in [-0.2, 0) is 17.8 Å². The van der Waals surface area contributed by atoms with Crippen LogP contribution in [0.4, 0.5) is 4.39 Å². The van der Waals surface area contributed by atoms with Gasteiger partial charge in [0.05, 0.1) is 21.1 Å². The van der Waals surface area contributed by atoms with E-state index in [0.717, 1.165) is 17.5 Å². The zero-order chi connectivity index (χ0) is 19.6. The number of rotatable bonds is 6. The quantitative estimate of drug-likeness (QED) is 0.625. The number of carbonyl (C=O) groups is 1. The molecule has 1 aromatic heterocycles. The second kappa shape index (κ2) is 8.28. The molecule has 0 bridgehead atoms. The number of carbonyl (C=O) groups excluding carboxylic acids is 1. The minimum absolute atomic E-state index is 0.0888. The standard InChI is InChI=1S/C20H20Cl2FN3O/c1-3-12(2)24-20(27)11-26-18-10-16(22)15(21)9-17(18)25-19(26)8-13-4-6-14(23)7-5-13/h4-7,9-10,12H,3,8,11H2,1-2H3,(H,24,27)/t12-/m1/s1. The lowest BCUT2D eigenvalue weighted by atomic mass is 10.1. The predicted octanol–water partition coefficient (Wildman–Crippen LogP) is 4.99. The van der Waals surface area contributed by atoms with Crippen molar-refractivity contribution in [3.8, 4) is 0 Å². The maximum atomic E-state index is 13.2. The van der Waals surface area contributed by atoms with Gasteiger partial charge in [0.1, 0.15) is 18.2 Å². The number of fused-ring (bicyclic) bond motifs is 1. The van der Waals surface area contributed by atoms with Crippen molar-refractivity contribution in [2.45, 2.75) is 39.3 Å². The van der Waals surface area contributed by atoms with E-state index in [2.05, 4.69) is 10.3 Å². The zero-order valence-electron chi connectivity index (χ0n) is 15.1. The molecule has 0 saturated carbocycles. The van der Waals surface area contributed by atoms with E-state index in [1.807, 2.05) is 18.4 Å². The third kappa shape index (κ3) is 4.60. The molecule has 0 aliphatic rings. The number of nitrogens with zero attached hydrogens (tertiary/aromatic N) is 2. The summed E-state index contributed by atoms with van der Waals surface area (Å²) in [6.07, 6.45) is 1.31. The summed E-state index contributed by atoms with van der Waals surface area (Å²) in [5, 5.41) is 3.77. The highest BCUT2D eigenvalue weighted by Gasteiger charge is 2.17. The third-order valence-corrected chi connectivity index (χ3v) is 5.19. The molecule has 0 aliphatic heterocycles. The average molecular weight is 408 g/mol. The molecule has 0 saturated heterocycles. The number of aromatic nitrogens is 2. The molecule has 4 nitrogen and oxygen atoms in total. The molecule has 0 unspecified atom stereocenters. The van der Waals surface area contributed by atoms with Gasteiger partial charge in [0.15, 0.2) is 0 Å². The number of benzene rings is 2. The van der Waals surface area contributed by atoms with Gasteiger partial charge in [-0.15, -0.1) is 0 Å². The van der Waals surface area contributed by atoms with E-state index in [4.69, 9.17) is 23.2 Å². The summed E-state index contributed by atoms with van der Waals surface area (Å²) < 4.78 is 15.0. The molecule has 7 heteroatoms. The molecular formula is C20H20Cl2FN3O.